The Bertz CT molecular complexity index is 454. The maximum atomic E-state index is 12.0. The van der Waals surface area contributed by atoms with Gasteiger partial charge in [0.2, 0.25) is 11.8 Å². The number of benzene rings is 1. The minimum Gasteiger partial charge on any atom is -0.274 e. The molecule has 0 N–H and O–H groups in total. The van der Waals surface area contributed by atoms with Crippen molar-refractivity contribution in [3.63, 3.8) is 0 Å². The minimum atomic E-state index is -0.210. The molecule has 0 heterocycles. The summed E-state index contributed by atoms with van der Waals surface area (Å²) in [4.78, 5) is 25.1. The van der Waals surface area contributed by atoms with E-state index in [1.54, 1.807) is 6.92 Å². The van der Waals surface area contributed by atoms with Crippen LogP contribution in [0.15, 0.2) is 24.3 Å². The number of hydrogen-bond donors (Lipinski definition) is 0. The number of para-hydroxylation sites is 1. The second-order valence-corrected chi connectivity index (χ2v) is 5.04. The van der Waals surface area contributed by atoms with Crippen molar-refractivity contribution in [2.75, 3.05) is 4.90 Å². The number of amides is 2. The fourth-order valence-electron chi connectivity index (χ4n) is 2.32. The molecule has 0 bridgehead atoms. The normalized spacial score (nSPS) is 10.3. The van der Waals surface area contributed by atoms with Gasteiger partial charge in [-0.05, 0) is 24.5 Å². The van der Waals surface area contributed by atoms with E-state index in [1.165, 1.54) is 31.1 Å². The SMILES string of the molecule is CCCCCCc1ccccc1N(C(C)=O)C(=O)CC. The highest BCUT2D eigenvalue weighted by Gasteiger charge is 2.20. The van der Waals surface area contributed by atoms with Gasteiger partial charge in [-0.1, -0.05) is 51.3 Å². The predicted molar refractivity (Wildman–Crippen MR) is 82.7 cm³/mol. The lowest BCUT2D eigenvalue weighted by atomic mass is 10.0. The van der Waals surface area contributed by atoms with E-state index < -0.39 is 0 Å². The second kappa shape index (κ2) is 8.51. The van der Waals surface area contributed by atoms with Gasteiger partial charge in [-0.15, -0.1) is 0 Å². The summed E-state index contributed by atoms with van der Waals surface area (Å²) < 4.78 is 0. The highest BCUT2D eigenvalue weighted by atomic mass is 16.2. The summed E-state index contributed by atoms with van der Waals surface area (Å²) >= 11 is 0. The van der Waals surface area contributed by atoms with Gasteiger partial charge in [0.15, 0.2) is 0 Å². The van der Waals surface area contributed by atoms with Gasteiger partial charge in [-0.3, -0.25) is 14.5 Å². The van der Waals surface area contributed by atoms with Gasteiger partial charge in [-0.2, -0.15) is 0 Å². The molecule has 1 aromatic rings. The molecular weight excluding hydrogens is 250 g/mol. The second-order valence-electron chi connectivity index (χ2n) is 5.04. The standard InChI is InChI=1S/C17H25NO2/c1-4-6-7-8-11-15-12-9-10-13-16(15)18(14(3)19)17(20)5-2/h9-10,12-13H,4-8,11H2,1-3H3. The molecule has 0 unspecified atom stereocenters. The smallest absolute Gasteiger partial charge is 0.233 e. The van der Waals surface area contributed by atoms with E-state index >= 15 is 0 Å². The van der Waals surface area contributed by atoms with Crippen molar-refractivity contribution in [2.45, 2.75) is 59.3 Å². The van der Waals surface area contributed by atoms with Gasteiger partial charge in [-0.25, -0.2) is 0 Å². The van der Waals surface area contributed by atoms with Crippen LogP contribution >= 0.6 is 0 Å². The largest absolute Gasteiger partial charge is 0.274 e. The van der Waals surface area contributed by atoms with E-state index in [9.17, 15) is 9.59 Å². The maximum Gasteiger partial charge on any atom is 0.233 e. The highest BCUT2D eigenvalue weighted by molar-refractivity contribution is 6.14. The summed E-state index contributed by atoms with van der Waals surface area (Å²) in [5.41, 5.74) is 1.84. The fourth-order valence-corrected chi connectivity index (χ4v) is 2.32. The average molecular weight is 275 g/mol. The summed E-state index contributed by atoms with van der Waals surface area (Å²) in [5.74, 6) is -0.351. The van der Waals surface area contributed by atoms with Crippen molar-refractivity contribution >= 4 is 17.5 Å². The van der Waals surface area contributed by atoms with E-state index in [0.717, 1.165) is 24.1 Å². The number of carbonyl (C=O) groups is 2. The van der Waals surface area contributed by atoms with E-state index in [1.807, 2.05) is 24.3 Å². The molecule has 0 spiro atoms. The van der Waals surface area contributed by atoms with Gasteiger partial charge < -0.3 is 0 Å². The van der Waals surface area contributed by atoms with Crippen LogP contribution in [0.25, 0.3) is 0 Å². The number of carbonyl (C=O) groups excluding carboxylic acids is 2. The zero-order valence-corrected chi connectivity index (χ0v) is 12.8. The van der Waals surface area contributed by atoms with Crippen molar-refractivity contribution < 1.29 is 9.59 Å². The Labute approximate surface area is 122 Å². The molecular formula is C17H25NO2. The molecule has 2 amide bonds. The summed E-state index contributed by atoms with van der Waals surface area (Å²) in [6.07, 6.45) is 5.96. The van der Waals surface area contributed by atoms with Crippen molar-refractivity contribution in [2.24, 2.45) is 0 Å². The van der Waals surface area contributed by atoms with Crippen LogP contribution in [-0.4, -0.2) is 11.8 Å². The zero-order valence-electron chi connectivity index (χ0n) is 12.8. The number of unbranched alkanes of at least 4 members (excludes halogenated alkanes) is 3. The fraction of sp³-hybridized carbons (Fsp3) is 0.529. The molecule has 0 atom stereocenters. The highest BCUT2D eigenvalue weighted by Crippen LogP contribution is 2.23. The first-order chi connectivity index (χ1) is 9.61. The lowest BCUT2D eigenvalue weighted by Gasteiger charge is -2.21. The molecule has 0 aromatic heterocycles. The molecule has 1 rings (SSSR count). The first kappa shape index (κ1) is 16.4. The quantitative estimate of drug-likeness (QED) is 0.703. The van der Waals surface area contributed by atoms with Crippen molar-refractivity contribution in [1.82, 2.24) is 0 Å². The lowest BCUT2D eigenvalue weighted by molar-refractivity contribution is -0.125. The monoisotopic (exact) mass is 275 g/mol. The Hall–Kier alpha value is -1.64. The van der Waals surface area contributed by atoms with Crippen LogP contribution in [0, 0.1) is 0 Å². The first-order valence-corrected chi connectivity index (χ1v) is 7.53. The van der Waals surface area contributed by atoms with Gasteiger partial charge in [0.25, 0.3) is 0 Å². The van der Waals surface area contributed by atoms with Gasteiger partial charge in [0, 0.05) is 13.3 Å². The summed E-state index contributed by atoms with van der Waals surface area (Å²) in [6, 6.07) is 7.72. The van der Waals surface area contributed by atoms with Gasteiger partial charge in [0.1, 0.15) is 0 Å². The summed E-state index contributed by atoms with van der Waals surface area (Å²) in [7, 11) is 0. The molecule has 0 aliphatic carbocycles. The zero-order chi connectivity index (χ0) is 15.0. The van der Waals surface area contributed by atoms with Gasteiger partial charge in [0.05, 0.1) is 5.69 Å². The number of hydrogen-bond acceptors (Lipinski definition) is 2. The Kier molecular flexibility index (Phi) is 6.99. The molecule has 0 saturated heterocycles. The molecule has 0 saturated carbocycles. The molecule has 0 aliphatic heterocycles. The number of anilines is 1. The predicted octanol–water partition coefficient (Wildman–Crippen LogP) is 4.10. The minimum absolute atomic E-state index is 0.140. The van der Waals surface area contributed by atoms with Crippen LogP contribution in [0.4, 0.5) is 5.69 Å². The number of imide groups is 1. The molecule has 3 heteroatoms. The molecule has 0 fully saturated rings. The number of nitrogens with zero attached hydrogens (tertiary/aromatic N) is 1. The van der Waals surface area contributed by atoms with Crippen LogP contribution < -0.4 is 4.90 Å². The van der Waals surface area contributed by atoms with Crippen LogP contribution in [0.1, 0.15) is 58.4 Å². The summed E-state index contributed by atoms with van der Waals surface area (Å²) in [6.45, 7) is 5.41. The third-order valence-electron chi connectivity index (χ3n) is 3.40. The molecule has 110 valence electrons. The van der Waals surface area contributed by atoms with Crippen molar-refractivity contribution in [3.05, 3.63) is 29.8 Å². The molecule has 0 aliphatic rings. The van der Waals surface area contributed by atoms with Crippen molar-refractivity contribution in [1.29, 1.82) is 0 Å². The van der Waals surface area contributed by atoms with Crippen LogP contribution in [0.3, 0.4) is 0 Å². The van der Waals surface area contributed by atoms with Crippen LogP contribution in [0.5, 0.6) is 0 Å². The van der Waals surface area contributed by atoms with E-state index in [2.05, 4.69) is 6.92 Å². The van der Waals surface area contributed by atoms with E-state index in [4.69, 9.17) is 0 Å². The van der Waals surface area contributed by atoms with E-state index in [0.29, 0.717) is 6.42 Å². The van der Waals surface area contributed by atoms with Crippen LogP contribution in [0.2, 0.25) is 0 Å². The topological polar surface area (TPSA) is 37.4 Å². The van der Waals surface area contributed by atoms with Gasteiger partial charge >= 0.3 is 0 Å². The average Bonchev–Trinajstić information content (AvgIpc) is 2.44. The molecule has 20 heavy (non-hydrogen) atoms. The summed E-state index contributed by atoms with van der Waals surface area (Å²) in [5, 5.41) is 0. The molecule has 3 nitrogen and oxygen atoms in total. The Morgan fingerprint density at radius 3 is 2.35 bits per heavy atom. The number of aryl methyl sites for hydroxylation is 1. The Balaban J connectivity index is 2.92. The molecule has 1 aromatic carbocycles. The maximum absolute atomic E-state index is 12.0. The first-order valence-electron chi connectivity index (χ1n) is 7.53. The third-order valence-corrected chi connectivity index (χ3v) is 3.40. The van der Waals surface area contributed by atoms with Crippen molar-refractivity contribution in [3.8, 4) is 0 Å². The van der Waals surface area contributed by atoms with Crippen LogP contribution in [-0.2, 0) is 16.0 Å². The lowest BCUT2D eigenvalue weighted by Crippen LogP contribution is -2.35. The Morgan fingerprint density at radius 2 is 1.75 bits per heavy atom. The number of rotatable bonds is 7. The van der Waals surface area contributed by atoms with E-state index in [-0.39, 0.29) is 11.8 Å². The Morgan fingerprint density at radius 1 is 1.05 bits per heavy atom. The third kappa shape index (κ3) is 4.48. The molecule has 0 radical (unpaired) electrons.